The van der Waals surface area contributed by atoms with E-state index in [0.717, 1.165) is 17.7 Å². The summed E-state index contributed by atoms with van der Waals surface area (Å²) in [4.78, 5) is 20.4. The number of aromatic nitrogens is 4. The van der Waals surface area contributed by atoms with Crippen molar-refractivity contribution in [3.8, 4) is 5.82 Å². The number of hydrogen-bond acceptors (Lipinski definition) is 5. The van der Waals surface area contributed by atoms with Gasteiger partial charge in [-0.05, 0) is 25.7 Å². The molecule has 2 aromatic heterocycles. The lowest BCUT2D eigenvalue weighted by Crippen LogP contribution is -2.09. The van der Waals surface area contributed by atoms with Gasteiger partial charge in [0.25, 0.3) is 0 Å². The molecule has 0 aromatic carbocycles. The minimum Gasteiger partial charge on any atom is -0.461 e. The summed E-state index contributed by atoms with van der Waals surface area (Å²) in [5.41, 5.74) is 2.61. The van der Waals surface area contributed by atoms with Gasteiger partial charge in [0.05, 0.1) is 18.5 Å². The van der Waals surface area contributed by atoms with E-state index < -0.39 is 0 Å². The van der Waals surface area contributed by atoms with E-state index >= 15 is 0 Å². The van der Waals surface area contributed by atoms with E-state index in [1.807, 2.05) is 0 Å². The molecule has 20 heavy (non-hydrogen) atoms. The molecule has 6 heteroatoms. The summed E-state index contributed by atoms with van der Waals surface area (Å²) in [6, 6.07) is 0. The third-order valence-electron chi connectivity index (χ3n) is 4.00. The lowest BCUT2D eigenvalue weighted by Gasteiger charge is -2.03. The second kappa shape index (κ2) is 4.13. The smallest absolute Gasteiger partial charge is 0.359 e. The molecule has 102 valence electrons. The third-order valence-corrected chi connectivity index (χ3v) is 4.00. The van der Waals surface area contributed by atoms with Gasteiger partial charge in [-0.25, -0.2) is 14.5 Å². The Morgan fingerprint density at radius 1 is 1.50 bits per heavy atom. The minimum absolute atomic E-state index is 0.340. The molecule has 0 bridgehead atoms. The van der Waals surface area contributed by atoms with Gasteiger partial charge in [-0.1, -0.05) is 0 Å². The molecule has 2 heterocycles. The van der Waals surface area contributed by atoms with Gasteiger partial charge < -0.3 is 4.74 Å². The van der Waals surface area contributed by atoms with E-state index in [1.54, 1.807) is 30.2 Å². The van der Waals surface area contributed by atoms with Crippen LogP contribution in [0.3, 0.4) is 0 Å². The Morgan fingerprint density at radius 2 is 2.40 bits per heavy atom. The van der Waals surface area contributed by atoms with Gasteiger partial charge in [0.2, 0.25) is 0 Å². The van der Waals surface area contributed by atoms with Gasteiger partial charge in [0.1, 0.15) is 0 Å². The number of carbonyl (C=O) groups is 1. The van der Waals surface area contributed by atoms with E-state index in [0.29, 0.717) is 30.0 Å². The maximum Gasteiger partial charge on any atom is 0.359 e. The second-order valence-electron chi connectivity index (χ2n) is 5.21. The summed E-state index contributed by atoms with van der Waals surface area (Å²) in [5, 5.41) is 4.44. The Kier molecular flexibility index (Phi) is 2.39. The number of esters is 1. The first kappa shape index (κ1) is 11.6. The van der Waals surface area contributed by atoms with Crippen LogP contribution in [0.15, 0.2) is 18.6 Å². The highest BCUT2D eigenvalue weighted by Gasteiger charge is 2.50. The highest BCUT2D eigenvalue weighted by Crippen LogP contribution is 2.57. The average Bonchev–Trinajstić information content (AvgIpc) is 2.97. The number of ether oxygens (including phenoxy) is 1. The van der Waals surface area contributed by atoms with E-state index in [9.17, 15) is 4.79 Å². The van der Waals surface area contributed by atoms with Crippen LogP contribution in [0, 0.1) is 5.92 Å². The maximum absolute atomic E-state index is 12.0. The SMILES string of the molecule is CCOC(=O)c1nn(-c2cnccn2)c2c1CC1C[C@H]21. The summed E-state index contributed by atoms with van der Waals surface area (Å²) >= 11 is 0. The van der Waals surface area contributed by atoms with Crippen molar-refractivity contribution in [2.75, 3.05) is 6.61 Å². The van der Waals surface area contributed by atoms with Gasteiger partial charge in [0, 0.05) is 23.9 Å². The molecule has 0 saturated heterocycles. The molecule has 2 atom stereocenters. The van der Waals surface area contributed by atoms with Crippen molar-refractivity contribution in [2.24, 2.45) is 5.92 Å². The molecule has 1 saturated carbocycles. The largest absolute Gasteiger partial charge is 0.461 e. The van der Waals surface area contributed by atoms with Crippen LogP contribution in [0.2, 0.25) is 0 Å². The van der Waals surface area contributed by atoms with Gasteiger partial charge >= 0.3 is 5.97 Å². The van der Waals surface area contributed by atoms with Crippen LogP contribution in [-0.4, -0.2) is 32.3 Å². The van der Waals surface area contributed by atoms with E-state index in [-0.39, 0.29) is 5.97 Å². The Hall–Kier alpha value is -2.24. The monoisotopic (exact) mass is 270 g/mol. The Balaban J connectivity index is 1.84. The van der Waals surface area contributed by atoms with Crippen molar-refractivity contribution in [3.05, 3.63) is 35.5 Å². The molecule has 0 amide bonds. The van der Waals surface area contributed by atoms with Crippen LogP contribution >= 0.6 is 0 Å². The predicted molar refractivity (Wildman–Crippen MR) is 69.7 cm³/mol. The van der Waals surface area contributed by atoms with Crippen molar-refractivity contribution >= 4 is 5.97 Å². The predicted octanol–water partition coefficient (Wildman–Crippen LogP) is 1.50. The van der Waals surface area contributed by atoms with Crippen LogP contribution < -0.4 is 0 Å². The van der Waals surface area contributed by atoms with Crippen molar-refractivity contribution in [1.29, 1.82) is 0 Å². The topological polar surface area (TPSA) is 69.9 Å². The van der Waals surface area contributed by atoms with Crippen molar-refractivity contribution in [2.45, 2.75) is 25.7 Å². The third kappa shape index (κ3) is 1.57. The Morgan fingerprint density at radius 3 is 3.15 bits per heavy atom. The quantitative estimate of drug-likeness (QED) is 0.790. The summed E-state index contributed by atoms with van der Waals surface area (Å²) < 4.78 is 6.87. The minimum atomic E-state index is -0.340. The van der Waals surface area contributed by atoms with Crippen molar-refractivity contribution in [3.63, 3.8) is 0 Å². The average molecular weight is 270 g/mol. The molecule has 0 aliphatic heterocycles. The van der Waals surface area contributed by atoms with Crippen LogP contribution in [0.5, 0.6) is 0 Å². The van der Waals surface area contributed by atoms with Gasteiger partial charge in [-0.15, -0.1) is 0 Å². The van der Waals surface area contributed by atoms with Crippen molar-refractivity contribution in [1.82, 2.24) is 19.7 Å². The molecule has 1 fully saturated rings. The van der Waals surface area contributed by atoms with Crippen LogP contribution in [0.25, 0.3) is 5.82 Å². The molecule has 0 N–H and O–H groups in total. The molecule has 4 rings (SSSR count). The maximum atomic E-state index is 12.0. The zero-order valence-corrected chi connectivity index (χ0v) is 11.1. The molecule has 2 aliphatic carbocycles. The highest BCUT2D eigenvalue weighted by atomic mass is 16.5. The second-order valence-corrected chi connectivity index (χ2v) is 5.21. The summed E-state index contributed by atoms with van der Waals surface area (Å²) in [5.74, 6) is 1.50. The number of carbonyl (C=O) groups excluding carboxylic acids is 1. The Labute approximate surface area is 115 Å². The highest BCUT2D eigenvalue weighted by molar-refractivity contribution is 5.90. The molecule has 6 nitrogen and oxygen atoms in total. The molecular formula is C14H14N4O2. The lowest BCUT2D eigenvalue weighted by molar-refractivity contribution is 0.0517. The van der Waals surface area contributed by atoms with Gasteiger partial charge in [-0.2, -0.15) is 5.10 Å². The zero-order chi connectivity index (χ0) is 13.7. The van der Waals surface area contributed by atoms with E-state index in [2.05, 4.69) is 15.1 Å². The van der Waals surface area contributed by atoms with Gasteiger partial charge in [-0.3, -0.25) is 4.98 Å². The standard InChI is InChI=1S/C14H14N4O2/c1-2-20-14(19)12-10-6-8-5-9(8)13(10)18(17-12)11-7-15-3-4-16-11/h3-4,7-9H,2,5-6H2,1H3/t8?,9-/m0/s1. The zero-order valence-electron chi connectivity index (χ0n) is 11.1. The van der Waals surface area contributed by atoms with Crippen LogP contribution in [-0.2, 0) is 11.2 Å². The first-order chi connectivity index (χ1) is 9.79. The number of rotatable bonds is 3. The van der Waals surface area contributed by atoms with Gasteiger partial charge in [0.15, 0.2) is 11.5 Å². The molecule has 2 aliphatic rings. The van der Waals surface area contributed by atoms with E-state index in [1.165, 1.54) is 6.42 Å². The number of hydrogen-bond donors (Lipinski definition) is 0. The molecule has 1 unspecified atom stereocenters. The summed E-state index contributed by atoms with van der Waals surface area (Å²) in [7, 11) is 0. The van der Waals surface area contributed by atoms with Crippen molar-refractivity contribution < 1.29 is 9.53 Å². The fourth-order valence-corrected chi connectivity index (χ4v) is 3.05. The molecule has 2 aromatic rings. The summed E-state index contributed by atoms with van der Waals surface area (Å²) in [6.45, 7) is 2.16. The summed E-state index contributed by atoms with van der Waals surface area (Å²) in [6.07, 6.45) is 7.03. The first-order valence-corrected chi connectivity index (χ1v) is 6.85. The van der Waals surface area contributed by atoms with Crippen LogP contribution in [0.4, 0.5) is 0 Å². The number of nitrogens with zero attached hydrogens (tertiary/aromatic N) is 4. The molecule has 0 spiro atoms. The van der Waals surface area contributed by atoms with Crippen LogP contribution in [0.1, 0.15) is 41.0 Å². The fourth-order valence-electron chi connectivity index (χ4n) is 3.05. The molecular weight excluding hydrogens is 256 g/mol. The van der Waals surface area contributed by atoms with E-state index in [4.69, 9.17) is 4.74 Å². The normalized spacial score (nSPS) is 22.2. The lowest BCUT2D eigenvalue weighted by atomic mass is 10.1. The Bertz CT molecular complexity index is 680. The fraction of sp³-hybridized carbons (Fsp3) is 0.429. The first-order valence-electron chi connectivity index (χ1n) is 6.85. The number of fused-ring (bicyclic) bond motifs is 3. The molecule has 0 radical (unpaired) electrons.